The molecule has 0 aliphatic carbocycles. The van der Waals surface area contributed by atoms with Crippen LogP contribution in [0.5, 0.6) is 0 Å². The summed E-state index contributed by atoms with van der Waals surface area (Å²) in [5, 5.41) is 0. The van der Waals surface area contributed by atoms with Crippen molar-refractivity contribution in [2.45, 2.75) is 6.92 Å². The van der Waals surface area contributed by atoms with Gasteiger partial charge < -0.3 is 4.74 Å². The molecular weight excluding hydrogens is 111 g/mol. The first-order chi connectivity index (χ1) is 3.72. The van der Waals surface area contributed by atoms with E-state index in [-0.39, 0.29) is 11.9 Å². The van der Waals surface area contributed by atoms with E-state index in [9.17, 15) is 9.18 Å². The number of halogens is 1. The van der Waals surface area contributed by atoms with Gasteiger partial charge in [0.2, 0.25) is 0 Å². The second kappa shape index (κ2) is 3.18. The fourth-order valence-corrected chi connectivity index (χ4v) is 0.206. The molecule has 0 unspecified atom stereocenters. The Morgan fingerprint density at radius 1 is 1.75 bits per heavy atom. The van der Waals surface area contributed by atoms with Crippen molar-refractivity contribution >= 4 is 5.97 Å². The lowest BCUT2D eigenvalue weighted by Crippen LogP contribution is -1.99. The molecule has 8 heavy (non-hydrogen) atoms. The van der Waals surface area contributed by atoms with Crippen LogP contribution >= 0.6 is 0 Å². The van der Waals surface area contributed by atoms with Crippen LogP contribution in [0.25, 0.3) is 0 Å². The second-order valence-electron chi connectivity index (χ2n) is 1.28. The number of rotatable bonds is 1. The fraction of sp³-hybridized carbons (Fsp3) is 0.400. The second-order valence-corrected chi connectivity index (χ2v) is 1.28. The highest BCUT2D eigenvalue weighted by Gasteiger charge is 2.00. The van der Waals surface area contributed by atoms with Crippen molar-refractivity contribution in [1.29, 1.82) is 0 Å². The summed E-state index contributed by atoms with van der Waals surface area (Å²) in [5.74, 6) is -0.632. The van der Waals surface area contributed by atoms with Gasteiger partial charge >= 0.3 is 5.97 Å². The maximum atomic E-state index is 11.4. The zero-order valence-corrected chi connectivity index (χ0v) is 4.77. The van der Waals surface area contributed by atoms with Crippen LogP contribution in [-0.2, 0) is 9.53 Å². The Morgan fingerprint density at radius 3 is 2.38 bits per heavy atom. The summed E-state index contributed by atoms with van der Waals surface area (Å²) in [7, 11) is 1.20. The van der Waals surface area contributed by atoms with E-state index in [1.54, 1.807) is 0 Å². The number of hydrogen-bond donors (Lipinski definition) is 0. The number of ether oxygens (including phenoxy) is 1. The fourth-order valence-electron chi connectivity index (χ4n) is 0.206. The van der Waals surface area contributed by atoms with Gasteiger partial charge in [0.1, 0.15) is 0 Å². The lowest BCUT2D eigenvalue weighted by atomic mass is 10.4. The van der Waals surface area contributed by atoms with Crippen molar-refractivity contribution in [3.63, 3.8) is 0 Å². The molecule has 0 radical (unpaired) electrons. The lowest BCUT2D eigenvalue weighted by Gasteiger charge is -1.92. The van der Waals surface area contributed by atoms with Crippen molar-refractivity contribution in [2.75, 3.05) is 7.11 Å². The molecule has 0 fully saturated rings. The summed E-state index contributed by atoms with van der Waals surface area (Å²) in [5.41, 5.74) is -0.0208. The van der Waals surface area contributed by atoms with Crippen LogP contribution in [0.3, 0.4) is 0 Å². The van der Waals surface area contributed by atoms with Crippen LogP contribution in [0.2, 0.25) is 0 Å². The molecule has 0 saturated heterocycles. The van der Waals surface area contributed by atoms with E-state index in [0.717, 1.165) is 0 Å². The van der Waals surface area contributed by atoms with E-state index in [2.05, 4.69) is 4.74 Å². The zero-order valence-electron chi connectivity index (χ0n) is 4.77. The minimum absolute atomic E-state index is 0.0208. The third-order valence-electron chi connectivity index (χ3n) is 0.671. The van der Waals surface area contributed by atoms with Crippen LogP contribution in [0, 0.1) is 0 Å². The van der Waals surface area contributed by atoms with Crippen LogP contribution in [0.15, 0.2) is 11.9 Å². The average molecular weight is 118 g/mol. The van der Waals surface area contributed by atoms with E-state index in [4.69, 9.17) is 0 Å². The Kier molecular flexibility index (Phi) is 2.84. The van der Waals surface area contributed by atoms with Gasteiger partial charge in [-0.2, -0.15) is 0 Å². The molecule has 0 aromatic heterocycles. The molecule has 0 N–H and O–H groups in total. The lowest BCUT2D eigenvalue weighted by molar-refractivity contribution is -0.136. The highest BCUT2D eigenvalue weighted by molar-refractivity contribution is 5.87. The topological polar surface area (TPSA) is 26.3 Å². The molecule has 0 aliphatic heterocycles. The maximum Gasteiger partial charge on any atom is 0.335 e. The van der Waals surface area contributed by atoms with Gasteiger partial charge in [0.05, 0.1) is 19.0 Å². The van der Waals surface area contributed by atoms with E-state index in [1.807, 2.05) is 0 Å². The van der Waals surface area contributed by atoms with Gasteiger partial charge in [-0.25, -0.2) is 9.18 Å². The Hall–Kier alpha value is -0.860. The van der Waals surface area contributed by atoms with Crippen LogP contribution in [0.1, 0.15) is 6.92 Å². The van der Waals surface area contributed by atoms with Gasteiger partial charge in [-0.15, -0.1) is 0 Å². The zero-order chi connectivity index (χ0) is 6.57. The normalized spacial score (nSPS) is 11.1. The standard InChI is InChI=1S/C5H7FO2/c1-4(3-6)5(7)8-2/h3H,1-2H3/b4-3+. The van der Waals surface area contributed by atoms with Gasteiger partial charge in [0.15, 0.2) is 0 Å². The molecule has 0 rings (SSSR count). The predicted octanol–water partition coefficient (Wildman–Crippen LogP) is 1.03. The maximum absolute atomic E-state index is 11.4. The number of carbonyl (C=O) groups excluding carboxylic acids is 1. The quantitative estimate of drug-likeness (QED) is 0.379. The number of carbonyl (C=O) groups is 1. The molecule has 0 amide bonds. The number of hydrogen-bond acceptors (Lipinski definition) is 2. The first-order valence-electron chi connectivity index (χ1n) is 2.07. The first-order valence-corrected chi connectivity index (χ1v) is 2.07. The summed E-state index contributed by atoms with van der Waals surface area (Å²) in [6, 6.07) is 0. The summed E-state index contributed by atoms with van der Waals surface area (Å²) in [4.78, 5) is 10.2. The third kappa shape index (κ3) is 1.73. The number of esters is 1. The molecule has 0 bridgehead atoms. The summed E-state index contributed by atoms with van der Waals surface area (Å²) < 4.78 is 15.5. The SMILES string of the molecule is COC(=O)/C(C)=C/F. The molecular formula is C5H7FO2. The summed E-state index contributed by atoms with van der Waals surface area (Å²) in [6.07, 6.45) is 0.214. The molecule has 46 valence electrons. The highest BCUT2D eigenvalue weighted by atomic mass is 19.1. The monoisotopic (exact) mass is 118 g/mol. The molecule has 0 aliphatic rings. The molecule has 3 heteroatoms. The van der Waals surface area contributed by atoms with Crippen molar-refractivity contribution in [3.05, 3.63) is 11.9 Å². The minimum atomic E-state index is -0.632. The highest BCUT2D eigenvalue weighted by Crippen LogP contribution is 1.93. The first kappa shape index (κ1) is 7.14. The Balaban J connectivity index is 3.83. The Bertz CT molecular complexity index is 118. The number of methoxy groups -OCH3 is 1. The van der Waals surface area contributed by atoms with Gasteiger partial charge in [-0.1, -0.05) is 0 Å². The van der Waals surface area contributed by atoms with Crippen molar-refractivity contribution in [3.8, 4) is 0 Å². The van der Waals surface area contributed by atoms with Gasteiger partial charge in [-0.05, 0) is 6.92 Å². The largest absolute Gasteiger partial charge is 0.466 e. The van der Waals surface area contributed by atoms with Crippen LogP contribution in [-0.4, -0.2) is 13.1 Å². The molecule has 0 saturated carbocycles. The minimum Gasteiger partial charge on any atom is -0.466 e. The average Bonchev–Trinajstić information content (AvgIpc) is 1.84. The Morgan fingerprint density at radius 2 is 2.25 bits per heavy atom. The summed E-state index contributed by atoms with van der Waals surface area (Å²) >= 11 is 0. The van der Waals surface area contributed by atoms with Crippen molar-refractivity contribution < 1.29 is 13.9 Å². The van der Waals surface area contributed by atoms with Crippen molar-refractivity contribution in [2.24, 2.45) is 0 Å². The van der Waals surface area contributed by atoms with Crippen LogP contribution in [0.4, 0.5) is 4.39 Å². The van der Waals surface area contributed by atoms with Gasteiger partial charge in [-0.3, -0.25) is 0 Å². The molecule has 0 heterocycles. The molecule has 0 aromatic rings. The van der Waals surface area contributed by atoms with Gasteiger partial charge in [0, 0.05) is 0 Å². The summed E-state index contributed by atoms with van der Waals surface area (Å²) in [6.45, 7) is 1.34. The van der Waals surface area contributed by atoms with E-state index in [0.29, 0.717) is 0 Å². The van der Waals surface area contributed by atoms with E-state index < -0.39 is 5.97 Å². The smallest absolute Gasteiger partial charge is 0.335 e. The Labute approximate surface area is 47.0 Å². The molecule has 2 nitrogen and oxygen atoms in total. The van der Waals surface area contributed by atoms with E-state index >= 15 is 0 Å². The third-order valence-corrected chi connectivity index (χ3v) is 0.671. The molecule has 0 atom stereocenters. The van der Waals surface area contributed by atoms with Gasteiger partial charge in [0.25, 0.3) is 0 Å². The van der Waals surface area contributed by atoms with E-state index in [1.165, 1.54) is 14.0 Å². The van der Waals surface area contributed by atoms with Crippen LogP contribution < -0.4 is 0 Å². The molecule has 0 spiro atoms. The van der Waals surface area contributed by atoms with Crippen molar-refractivity contribution in [1.82, 2.24) is 0 Å². The predicted molar refractivity (Wildman–Crippen MR) is 26.9 cm³/mol. The molecule has 0 aromatic carbocycles.